The summed E-state index contributed by atoms with van der Waals surface area (Å²) in [5.74, 6) is 6.47. The Balaban J connectivity index is 1.68. The van der Waals surface area contributed by atoms with E-state index in [2.05, 4.69) is 11.8 Å². The fourth-order valence-corrected chi connectivity index (χ4v) is 3.42. The molecule has 2 amide bonds. The van der Waals surface area contributed by atoms with Crippen LogP contribution in [0.5, 0.6) is 5.75 Å². The average molecular weight is 338 g/mol. The van der Waals surface area contributed by atoms with E-state index in [1.54, 1.807) is 23.9 Å². The number of hydrogen-bond donors (Lipinski definition) is 2. The molecule has 0 spiro atoms. The topological polar surface area (TPSA) is 75.8 Å². The van der Waals surface area contributed by atoms with Gasteiger partial charge >= 0.3 is 6.03 Å². The van der Waals surface area contributed by atoms with E-state index in [1.165, 1.54) is 12.1 Å². The number of halogens is 1. The number of amides is 2. The number of primary amides is 1. The Labute approximate surface area is 138 Å². The maximum Gasteiger partial charge on any atom is 0.338 e. The molecule has 0 radical (unpaired) electrons. The van der Waals surface area contributed by atoms with Crippen molar-refractivity contribution in [1.82, 2.24) is 5.06 Å². The van der Waals surface area contributed by atoms with Crippen LogP contribution in [0.25, 0.3) is 0 Å². The molecule has 1 heterocycles. The predicted octanol–water partition coefficient (Wildman–Crippen LogP) is 2.63. The Bertz CT molecular complexity index is 585. The molecule has 0 bridgehead atoms. The van der Waals surface area contributed by atoms with Crippen LogP contribution in [-0.4, -0.2) is 40.0 Å². The molecule has 7 heteroatoms. The average Bonchev–Trinajstić information content (AvgIpc) is 2.98. The normalized spacial score (nSPS) is 19.7. The van der Waals surface area contributed by atoms with E-state index >= 15 is 0 Å². The van der Waals surface area contributed by atoms with Gasteiger partial charge in [0.05, 0.1) is 11.8 Å². The monoisotopic (exact) mass is 338 g/mol. The van der Waals surface area contributed by atoms with Crippen LogP contribution in [0.2, 0.25) is 0 Å². The van der Waals surface area contributed by atoms with Crippen LogP contribution < -0.4 is 10.5 Å². The Hall–Kier alpha value is -1.91. The van der Waals surface area contributed by atoms with Crippen LogP contribution in [0.3, 0.4) is 0 Å². The van der Waals surface area contributed by atoms with Crippen LogP contribution in [0.15, 0.2) is 24.3 Å². The summed E-state index contributed by atoms with van der Waals surface area (Å²) in [6.45, 7) is 0.678. The number of thioether (sulfide) groups is 1. The molecule has 2 atom stereocenters. The van der Waals surface area contributed by atoms with Crippen molar-refractivity contribution in [1.29, 1.82) is 0 Å². The number of nitrogens with two attached hydrogens (primary N) is 1. The molecule has 0 saturated carbocycles. The van der Waals surface area contributed by atoms with Gasteiger partial charge in [-0.3, -0.25) is 5.21 Å². The summed E-state index contributed by atoms with van der Waals surface area (Å²) in [5, 5.41) is 10.2. The van der Waals surface area contributed by atoms with Crippen molar-refractivity contribution in [3.63, 3.8) is 0 Å². The molecule has 0 aromatic heterocycles. The summed E-state index contributed by atoms with van der Waals surface area (Å²) in [7, 11) is 0. The van der Waals surface area contributed by atoms with Crippen molar-refractivity contribution in [2.45, 2.75) is 29.8 Å². The van der Waals surface area contributed by atoms with Crippen LogP contribution in [-0.2, 0) is 0 Å². The van der Waals surface area contributed by atoms with Crippen molar-refractivity contribution in [2.24, 2.45) is 5.73 Å². The first-order valence-corrected chi connectivity index (χ1v) is 8.27. The smallest absolute Gasteiger partial charge is 0.338 e. The summed E-state index contributed by atoms with van der Waals surface area (Å²) in [5.41, 5.74) is 4.90. The molecule has 1 aromatic carbocycles. The summed E-state index contributed by atoms with van der Waals surface area (Å²) in [6.07, 6.45) is 2.37. The zero-order chi connectivity index (χ0) is 16.7. The van der Waals surface area contributed by atoms with Gasteiger partial charge in [0.15, 0.2) is 0 Å². The van der Waals surface area contributed by atoms with Crippen molar-refractivity contribution in [3.8, 4) is 17.6 Å². The lowest BCUT2D eigenvalue weighted by Crippen LogP contribution is -2.33. The molecule has 1 aliphatic rings. The summed E-state index contributed by atoms with van der Waals surface area (Å²) in [6, 6.07) is 5.11. The highest BCUT2D eigenvalue weighted by atomic mass is 32.2. The highest BCUT2D eigenvalue weighted by molar-refractivity contribution is 8.01. The maximum absolute atomic E-state index is 12.8. The summed E-state index contributed by atoms with van der Waals surface area (Å²) < 4.78 is 18.5. The van der Waals surface area contributed by atoms with E-state index in [1.807, 2.05) is 0 Å². The largest absolute Gasteiger partial charge is 0.492 e. The number of rotatable bonds is 5. The van der Waals surface area contributed by atoms with Crippen molar-refractivity contribution in [2.75, 3.05) is 13.2 Å². The minimum absolute atomic E-state index is 0.108. The van der Waals surface area contributed by atoms with Gasteiger partial charge in [-0.15, -0.1) is 17.7 Å². The zero-order valence-corrected chi connectivity index (χ0v) is 13.4. The first kappa shape index (κ1) is 17.4. The van der Waals surface area contributed by atoms with Crippen LogP contribution in [0.4, 0.5) is 9.18 Å². The Kier molecular flexibility index (Phi) is 6.56. The summed E-state index contributed by atoms with van der Waals surface area (Å²) in [4.78, 5) is 10.6. The Morgan fingerprint density at radius 2 is 2.17 bits per heavy atom. The lowest BCUT2D eigenvalue weighted by atomic mass is 10.2. The Morgan fingerprint density at radius 3 is 2.87 bits per heavy atom. The van der Waals surface area contributed by atoms with E-state index in [0.29, 0.717) is 29.1 Å². The summed E-state index contributed by atoms with van der Waals surface area (Å²) >= 11 is 1.76. The van der Waals surface area contributed by atoms with Gasteiger partial charge in [-0.25, -0.2) is 14.2 Å². The maximum atomic E-state index is 12.8. The number of nitrogens with zero attached hydrogens (tertiary/aromatic N) is 1. The van der Waals surface area contributed by atoms with E-state index in [-0.39, 0.29) is 17.6 Å². The molecule has 1 aliphatic heterocycles. The second-order valence-electron chi connectivity index (χ2n) is 5.12. The van der Waals surface area contributed by atoms with Crippen molar-refractivity contribution < 1.29 is 19.1 Å². The highest BCUT2D eigenvalue weighted by Crippen LogP contribution is 2.33. The van der Waals surface area contributed by atoms with Gasteiger partial charge in [-0.2, -0.15) is 0 Å². The van der Waals surface area contributed by atoms with Gasteiger partial charge in [0.25, 0.3) is 0 Å². The van der Waals surface area contributed by atoms with Gasteiger partial charge in [-0.1, -0.05) is 5.92 Å². The number of carbonyl (C=O) groups excluding carboxylic acids is 1. The molecule has 1 aromatic rings. The molecule has 2 rings (SSSR count). The zero-order valence-electron chi connectivity index (χ0n) is 12.6. The lowest BCUT2D eigenvalue weighted by molar-refractivity contribution is -0.0372. The third-order valence-electron chi connectivity index (χ3n) is 3.32. The molecule has 0 aliphatic carbocycles. The van der Waals surface area contributed by atoms with E-state index in [4.69, 9.17) is 15.7 Å². The number of urea groups is 1. The van der Waals surface area contributed by atoms with Gasteiger partial charge in [0, 0.05) is 11.7 Å². The third kappa shape index (κ3) is 6.00. The Morgan fingerprint density at radius 1 is 1.43 bits per heavy atom. The molecule has 1 saturated heterocycles. The van der Waals surface area contributed by atoms with Gasteiger partial charge in [-0.05, 0) is 37.1 Å². The number of hydrogen-bond acceptors (Lipinski definition) is 4. The van der Waals surface area contributed by atoms with Gasteiger partial charge in [0.2, 0.25) is 0 Å². The fourth-order valence-electron chi connectivity index (χ4n) is 2.11. The molecule has 23 heavy (non-hydrogen) atoms. The van der Waals surface area contributed by atoms with Crippen LogP contribution in [0, 0.1) is 17.7 Å². The molecule has 1 fully saturated rings. The van der Waals surface area contributed by atoms with Crippen molar-refractivity contribution in [3.05, 3.63) is 30.1 Å². The first-order valence-electron chi connectivity index (χ1n) is 7.32. The highest BCUT2D eigenvalue weighted by Gasteiger charge is 2.24. The molecular formula is C16H19FN2O3S. The molecule has 3 N–H and O–H groups in total. The standard InChI is InChI=1S/C16H19FN2O3S/c17-12-4-6-13(7-5-12)22-11-15-9-8-14(23-15)3-1-2-10-19(21)16(18)20/h4-7,14-15,21H,2,8-11H2,(H2,18,20)/t14?,15-/m0/s1. The molecule has 124 valence electrons. The van der Waals surface area contributed by atoms with Crippen molar-refractivity contribution >= 4 is 17.8 Å². The predicted molar refractivity (Wildman–Crippen MR) is 86.8 cm³/mol. The molecule has 1 unspecified atom stereocenters. The number of hydroxylamine groups is 2. The number of ether oxygens (including phenoxy) is 1. The second-order valence-corrected chi connectivity index (χ2v) is 6.63. The van der Waals surface area contributed by atoms with Crippen LogP contribution in [0.1, 0.15) is 19.3 Å². The fraction of sp³-hybridized carbons (Fsp3) is 0.438. The third-order valence-corrected chi connectivity index (χ3v) is 4.76. The quantitative estimate of drug-likeness (QED) is 0.492. The van der Waals surface area contributed by atoms with Crippen LogP contribution >= 0.6 is 11.8 Å². The van der Waals surface area contributed by atoms with E-state index in [9.17, 15) is 9.18 Å². The minimum Gasteiger partial charge on any atom is -0.492 e. The van der Waals surface area contributed by atoms with E-state index < -0.39 is 6.03 Å². The van der Waals surface area contributed by atoms with Gasteiger partial charge < -0.3 is 10.5 Å². The lowest BCUT2D eigenvalue weighted by Gasteiger charge is -2.11. The molecular weight excluding hydrogens is 319 g/mol. The number of benzene rings is 1. The van der Waals surface area contributed by atoms with Gasteiger partial charge in [0.1, 0.15) is 18.2 Å². The van der Waals surface area contributed by atoms with E-state index in [0.717, 1.165) is 12.8 Å². The minimum atomic E-state index is -0.875. The number of carbonyl (C=O) groups is 1. The SMILES string of the molecule is NC(=O)N(O)CCC#CC1CC[C@@H](COc2ccc(F)cc2)S1. The molecule has 5 nitrogen and oxygen atoms in total. The second kappa shape index (κ2) is 8.65. The first-order chi connectivity index (χ1) is 11.0.